The fourth-order valence-corrected chi connectivity index (χ4v) is 3.63. The Hall–Kier alpha value is -3.28. The Morgan fingerprint density at radius 3 is 2.24 bits per heavy atom. The number of hydrogen-bond donors (Lipinski definition) is 1. The molecule has 0 bridgehead atoms. The van der Waals surface area contributed by atoms with Crippen molar-refractivity contribution in [2.24, 2.45) is 0 Å². The zero-order valence-electron chi connectivity index (χ0n) is 17.6. The van der Waals surface area contributed by atoms with Crippen molar-refractivity contribution in [2.75, 3.05) is 19.5 Å². The summed E-state index contributed by atoms with van der Waals surface area (Å²) in [6, 6.07) is 7.66. The van der Waals surface area contributed by atoms with Gasteiger partial charge in [0, 0.05) is 35.8 Å². The van der Waals surface area contributed by atoms with E-state index >= 15 is 0 Å². The van der Waals surface area contributed by atoms with Crippen LogP contribution in [0.2, 0.25) is 0 Å². The van der Waals surface area contributed by atoms with Gasteiger partial charge in [-0.25, -0.2) is 4.98 Å². The number of ether oxygens (including phenoxy) is 2. The molecule has 1 aromatic heterocycles. The van der Waals surface area contributed by atoms with Crippen LogP contribution in [0.15, 0.2) is 43.0 Å². The molecule has 3 aromatic rings. The first-order valence-corrected chi connectivity index (χ1v) is 9.55. The Labute approximate surface area is 171 Å². The molecule has 0 aliphatic carbocycles. The molecule has 0 fully saturated rings. The fraction of sp³-hybridized carbons (Fsp3) is 0.304. The summed E-state index contributed by atoms with van der Waals surface area (Å²) in [6.07, 6.45) is 6.27. The van der Waals surface area contributed by atoms with E-state index in [1.165, 1.54) is 0 Å². The minimum Gasteiger partial charge on any atom is -0.496 e. The number of carbonyl (C=O) groups excluding carboxylic acids is 1. The summed E-state index contributed by atoms with van der Waals surface area (Å²) in [4.78, 5) is 16.6. The smallest absolute Gasteiger partial charge is 0.224 e. The van der Waals surface area contributed by atoms with Gasteiger partial charge in [-0.05, 0) is 68.1 Å². The molecule has 0 aliphatic heterocycles. The van der Waals surface area contributed by atoms with Gasteiger partial charge in [-0.15, -0.1) is 0 Å². The van der Waals surface area contributed by atoms with Crippen LogP contribution in [0.3, 0.4) is 0 Å². The number of hydrogen-bond acceptors (Lipinski definition) is 4. The van der Waals surface area contributed by atoms with Crippen LogP contribution in [0.5, 0.6) is 11.5 Å². The summed E-state index contributed by atoms with van der Waals surface area (Å²) in [5, 5.41) is 2.96. The predicted octanol–water partition coefficient (Wildman–Crippen LogP) is 4.39. The van der Waals surface area contributed by atoms with Gasteiger partial charge in [0.2, 0.25) is 5.91 Å². The zero-order valence-corrected chi connectivity index (χ0v) is 17.6. The Balaban J connectivity index is 1.70. The second-order valence-corrected chi connectivity index (χ2v) is 6.99. The van der Waals surface area contributed by atoms with Gasteiger partial charge in [0.05, 0.1) is 20.5 Å². The van der Waals surface area contributed by atoms with Gasteiger partial charge in [-0.1, -0.05) is 0 Å². The quantitative estimate of drug-likeness (QED) is 0.647. The Kier molecular flexibility index (Phi) is 6.22. The second kappa shape index (κ2) is 8.82. The lowest BCUT2D eigenvalue weighted by atomic mass is 9.94. The molecule has 0 aliphatic rings. The first kappa shape index (κ1) is 20.5. The Morgan fingerprint density at radius 1 is 1.00 bits per heavy atom. The van der Waals surface area contributed by atoms with Crippen molar-refractivity contribution in [3.63, 3.8) is 0 Å². The van der Waals surface area contributed by atoms with Crippen LogP contribution in [0.4, 0.5) is 5.69 Å². The highest BCUT2D eigenvalue weighted by Gasteiger charge is 2.19. The van der Waals surface area contributed by atoms with Crippen LogP contribution in [-0.2, 0) is 11.2 Å². The van der Waals surface area contributed by atoms with Gasteiger partial charge >= 0.3 is 0 Å². The van der Waals surface area contributed by atoms with Gasteiger partial charge in [0.15, 0.2) is 0 Å². The van der Waals surface area contributed by atoms with Crippen molar-refractivity contribution >= 4 is 11.6 Å². The van der Waals surface area contributed by atoms with Gasteiger partial charge < -0.3 is 19.4 Å². The van der Waals surface area contributed by atoms with Gasteiger partial charge in [-0.2, -0.15) is 0 Å². The number of methoxy groups -OCH3 is 2. The minimum absolute atomic E-state index is 0.0426. The van der Waals surface area contributed by atoms with E-state index in [0.717, 1.165) is 45.1 Å². The summed E-state index contributed by atoms with van der Waals surface area (Å²) in [5.41, 5.74) is 5.89. The molecule has 0 radical (unpaired) electrons. The van der Waals surface area contributed by atoms with E-state index in [1.54, 1.807) is 26.7 Å². The number of rotatable bonds is 7. The standard InChI is InChI=1S/C23H27N3O3/c1-15-16(2)23(29-5)20(17(3)22(15)28-4)10-11-21(27)25-18-6-8-19(9-7-18)26-13-12-24-14-26/h6-9,12-14H,10-11H2,1-5H3,(H,25,27). The summed E-state index contributed by atoms with van der Waals surface area (Å²) < 4.78 is 13.1. The molecule has 0 saturated heterocycles. The fourth-order valence-electron chi connectivity index (χ4n) is 3.63. The van der Waals surface area contributed by atoms with Crippen LogP contribution in [-0.4, -0.2) is 29.7 Å². The lowest BCUT2D eigenvalue weighted by Crippen LogP contribution is -2.13. The van der Waals surface area contributed by atoms with E-state index in [9.17, 15) is 4.79 Å². The van der Waals surface area contributed by atoms with Gasteiger partial charge in [0.25, 0.3) is 0 Å². The number of carbonyl (C=O) groups is 1. The monoisotopic (exact) mass is 393 g/mol. The topological polar surface area (TPSA) is 65.4 Å². The molecular weight excluding hydrogens is 366 g/mol. The van der Waals surface area contributed by atoms with E-state index in [1.807, 2.05) is 55.8 Å². The molecule has 6 nitrogen and oxygen atoms in total. The maximum absolute atomic E-state index is 12.5. The largest absolute Gasteiger partial charge is 0.496 e. The van der Waals surface area contributed by atoms with Crippen LogP contribution in [0.1, 0.15) is 28.7 Å². The van der Waals surface area contributed by atoms with E-state index in [-0.39, 0.29) is 5.91 Å². The third kappa shape index (κ3) is 4.26. The van der Waals surface area contributed by atoms with Crippen LogP contribution in [0, 0.1) is 20.8 Å². The van der Waals surface area contributed by atoms with Crippen molar-refractivity contribution in [1.82, 2.24) is 9.55 Å². The van der Waals surface area contributed by atoms with Gasteiger partial charge in [0.1, 0.15) is 11.5 Å². The van der Waals surface area contributed by atoms with Crippen molar-refractivity contribution < 1.29 is 14.3 Å². The average Bonchev–Trinajstić information content (AvgIpc) is 3.25. The maximum atomic E-state index is 12.5. The SMILES string of the molecule is COc1c(C)c(C)c(OC)c(CCC(=O)Nc2ccc(-n3ccnc3)cc2)c1C. The molecule has 0 spiro atoms. The first-order chi connectivity index (χ1) is 14.0. The molecule has 1 heterocycles. The Bertz CT molecular complexity index is 993. The van der Waals surface area contributed by atoms with E-state index < -0.39 is 0 Å². The number of imidazole rings is 1. The van der Waals surface area contributed by atoms with E-state index in [2.05, 4.69) is 10.3 Å². The molecule has 1 amide bonds. The number of nitrogens with one attached hydrogen (secondary N) is 1. The first-order valence-electron chi connectivity index (χ1n) is 9.55. The third-order valence-electron chi connectivity index (χ3n) is 5.27. The summed E-state index contributed by atoms with van der Waals surface area (Å²) in [6.45, 7) is 6.05. The van der Waals surface area contributed by atoms with E-state index in [4.69, 9.17) is 9.47 Å². The van der Waals surface area contributed by atoms with Crippen LogP contribution >= 0.6 is 0 Å². The molecule has 2 aromatic carbocycles. The molecular formula is C23H27N3O3. The number of aromatic nitrogens is 2. The van der Waals surface area contributed by atoms with Crippen molar-refractivity contribution in [3.05, 3.63) is 65.2 Å². The molecule has 1 N–H and O–H groups in total. The molecule has 0 saturated carbocycles. The minimum atomic E-state index is -0.0426. The van der Waals surface area contributed by atoms with Crippen molar-refractivity contribution in [3.8, 4) is 17.2 Å². The Morgan fingerprint density at radius 2 is 1.66 bits per heavy atom. The lowest BCUT2D eigenvalue weighted by Gasteiger charge is -2.20. The molecule has 152 valence electrons. The maximum Gasteiger partial charge on any atom is 0.224 e. The highest BCUT2D eigenvalue weighted by Crippen LogP contribution is 2.38. The van der Waals surface area contributed by atoms with Crippen LogP contribution < -0.4 is 14.8 Å². The predicted molar refractivity (Wildman–Crippen MR) is 114 cm³/mol. The number of anilines is 1. The number of amides is 1. The zero-order chi connectivity index (χ0) is 21.0. The van der Waals surface area contributed by atoms with Crippen LogP contribution in [0.25, 0.3) is 5.69 Å². The highest BCUT2D eigenvalue weighted by molar-refractivity contribution is 5.91. The van der Waals surface area contributed by atoms with Crippen molar-refractivity contribution in [2.45, 2.75) is 33.6 Å². The summed E-state index contributed by atoms with van der Waals surface area (Å²) in [5.74, 6) is 1.64. The second-order valence-electron chi connectivity index (χ2n) is 6.99. The third-order valence-corrected chi connectivity index (χ3v) is 5.27. The van der Waals surface area contributed by atoms with E-state index in [0.29, 0.717) is 12.8 Å². The average molecular weight is 393 g/mol. The lowest BCUT2D eigenvalue weighted by molar-refractivity contribution is -0.116. The number of benzene rings is 2. The number of nitrogens with zero attached hydrogens (tertiary/aromatic N) is 2. The van der Waals surface area contributed by atoms with Crippen molar-refractivity contribution in [1.29, 1.82) is 0 Å². The summed E-state index contributed by atoms with van der Waals surface area (Å²) >= 11 is 0. The normalized spacial score (nSPS) is 10.7. The molecule has 0 unspecified atom stereocenters. The molecule has 6 heteroatoms. The van der Waals surface area contributed by atoms with Gasteiger partial charge in [-0.3, -0.25) is 4.79 Å². The highest BCUT2D eigenvalue weighted by atomic mass is 16.5. The summed E-state index contributed by atoms with van der Waals surface area (Å²) in [7, 11) is 3.34. The molecule has 29 heavy (non-hydrogen) atoms. The molecule has 3 rings (SSSR count). The molecule has 0 atom stereocenters.